The van der Waals surface area contributed by atoms with Crippen molar-refractivity contribution in [3.63, 3.8) is 0 Å². The van der Waals surface area contributed by atoms with E-state index in [2.05, 4.69) is 40.6 Å². The average Bonchev–Trinajstić information content (AvgIpc) is 3.46. The fourth-order valence-electron chi connectivity index (χ4n) is 8.51. The van der Waals surface area contributed by atoms with Crippen molar-refractivity contribution in [2.24, 2.45) is 11.8 Å². The molecule has 0 spiro atoms. The van der Waals surface area contributed by atoms with Gasteiger partial charge in [-0.15, -0.1) is 0 Å². The highest BCUT2D eigenvalue weighted by atomic mass is 16.2. The van der Waals surface area contributed by atoms with Crippen molar-refractivity contribution in [2.45, 2.75) is 96.1 Å². The fraction of sp³-hybridized carbons (Fsp3) is 0.550. The van der Waals surface area contributed by atoms with Crippen LogP contribution in [0.2, 0.25) is 0 Å². The largest absolute Gasteiger partial charge is 0.356 e. The standard InChI is InChI=1S/C40H53N5O4/c1-39(2,3)42-34(46)26-29-25-32(38(49)44-21-10-7-11-22-44)40(20-18-27-12-8-6-9-13-27)36-31(19-23-45(40)37(29)48)30-16-14-28(24-33(30)41-36)15-17-35(47)43(4)5/h6,8-9,12-14,16,24,29,32,41H,7,10-11,15,17-23,25-26H2,1-5H3,(H,42,46)/t29-,32-,40+/m1/s1. The predicted octanol–water partition coefficient (Wildman–Crippen LogP) is 5.35. The van der Waals surface area contributed by atoms with E-state index in [-0.39, 0.29) is 30.0 Å². The van der Waals surface area contributed by atoms with Crippen molar-refractivity contribution in [3.8, 4) is 0 Å². The smallest absolute Gasteiger partial charge is 0.228 e. The van der Waals surface area contributed by atoms with Gasteiger partial charge in [0.05, 0.1) is 11.5 Å². The topological polar surface area (TPSA) is 106 Å². The number of nitrogens with zero attached hydrogens (tertiary/aromatic N) is 3. The molecule has 0 bridgehead atoms. The van der Waals surface area contributed by atoms with Crippen molar-refractivity contribution >= 4 is 34.5 Å². The summed E-state index contributed by atoms with van der Waals surface area (Å²) in [6.45, 7) is 7.77. The third-order valence-corrected chi connectivity index (χ3v) is 10.9. The van der Waals surface area contributed by atoms with Crippen LogP contribution in [0.25, 0.3) is 10.9 Å². The average molecular weight is 668 g/mol. The van der Waals surface area contributed by atoms with E-state index in [0.29, 0.717) is 45.1 Å². The molecule has 2 N–H and O–H groups in total. The van der Waals surface area contributed by atoms with Crippen LogP contribution in [0.15, 0.2) is 48.5 Å². The first-order chi connectivity index (χ1) is 23.4. The van der Waals surface area contributed by atoms with Crippen LogP contribution in [0.4, 0.5) is 0 Å². The molecule has 49 heavy (non-hydrogen) atoms. The van der Waals surface area contributed by atoms with Gasteiger partial charge >= 0.3 is 0 Å². The zero-order valence-electron chi connectivity index (χ0n) is 29.9. The molecule has 3 aliphatic rings. The Morgan fingerprint density at radius 1 is 0.959 bits per heavy atom. The minimum Gasteiger partial charge on any atom is -0.356 e. The van der Waals surface area contributed by atoms with E-state index in [1.165, 1.54) is 5.56 Å². The minimum absolute atomic E-state index is 0.0352. The molecule has 0 aliphatic carbocycles. The number of benzene rings is 2. The third kappa shape index (κ3) is 7.12. The van der Waals surface area contributed by atoms with Crippen LogP contribution in [0, 0.1) is 11.8 Å². The van der Waals surface area contributed by atoms with Crippen LogP contribution in [0.5, 0.6) is 0 Å². The molecule has 9 nitrogen and oxygen atoms in total. The summed E-state index contributed by atoms with van der Waals surface area (Å²) in [4.78, 5) is 64.7. The molecule has 0 unspecified atom stereocenters. The van der Waals surface area contributed by atoms with Crippen LogP contribution in [0.3, 0.4) is 0 Å². The lowest BCUT2D eigenvalue weighted by molar-refractivity contribution is -0.167. The van der Waals surface area contributed by atoms with Gasteiger partial charge in [0.25, 0.3) is 0 Å². The maximum Gasteiger partial charge on any atom is 0.228 e. The van der Waals surface area contributed by atoms with Gasteiger partial charge in [-0.05, 0) is 94.9 Å². The zero-order valence-corrected chi connectivity index (χ0v) is 29.9. The summed E-state index contributed by atoms with van der Waals surface area (Å²) in [5.74, 6) is -1.07. The van der Waals surface area contributed by atoms with Crippen LogP contribution >= 0.6 is 0 Å². The lowest BCUT2D eigenvalue weighted by atomic mass is 9.64. The molecule has 2 aromatic carbocycles. The van der Waals surface area contributed by atoms with Gasteiger partial charge in [-0.25, -0.2) is 0 Å². The van der Waals surface area contributed by atoms with Gasteiger partial charge in [0.2, 0.25) is 23.6 Å². The molecule has 1 aromatic heterocycles. The Bertz CT molecular complexity index is 1700. The molecule has 2 saturated heterocycles. The van der Waals surface area contributed by atoms with Crippen molar-refractivity contribution in [1.82, 2.24) is 25.0 Å². The summed E-state index contributed by atoms with van der Waals surface area (Å²) in [5.41, 5.74) is 4.05. The fourth-order valence-corrected chi connectivity index (χ4v) is 8.51. The lowest BCUT2D eigenvalue weighted by Crippen LogP contribution is -2.66. The number of piperidine rings is 2. The Hall–Kier alpha value is -4.14. The van der Waals surface area contributed by atoms with E-state index in [1.807, 2.05) is 48.8 Å². The Morgan fingerprint density at radius 3 is 2.39 bits per heavy atom. The molecule has 6 rings (SSSR count). The quantitative estimate of drug-likeness (QED) is 0.321. The number of rotatable bonds is 9. The normalized spacial score (nSPS) is 22.4. The molecule has 4 amide bonds. The maximum atomic E-state index is 14.9. The van der Waals surface area contributed by atoms with Crippen molar-refractivity contribution < 1.29 is 19.2 Å². The number of carbonyl (C=O) groups is 4. The number of likely N-dealkylation sites (tertiary alicyclic amines) is 1. The van der Waals surface area contributed by atoms with Crippen LogP contribution < -0.4 is 5.32 Å². The molecule has 9 heteroatoms. The highest BCUT2D eigenvalue weighted by Crippen LogP contribution is 2.53. The first-order valence-electron chi connectivity index (χ1n) is 18.2. The van der Waals surface area contributed by atoms with E-state index in [1.54, 1.807) is 19.0 Å². The van der Waals surface area contributed by atoms with Crippen molar-refractivity contribution in [1.29, 1.82) is 0 Å². The summed E-state index contributed by atoms with van der Waals surface area (Å²) in [7, 11) is 3.56. The highest BCUT2D eigenvalue weighted by Gasteiger charge is 2.59. The monoisotopic (exact) mass is 667 g/mol. The number of aromatic amines is 1. The Kier molecular flexibility index (Phi) is 9.92. The number of aromatic nitrogens is 1. The molecule has 0 radical (unpaired) electrons. The summed E-state index contributed by atoms with van der Waals surface area (Å²) < 4.78 is 0. The van der Waals surface area contributed by atoms with Gasteiger partial charge in [0.1, 0.15) is 0 Å². The number of nitrogens with one attached hydrogen (secondary N) is 2. The van der Waals surface area contributed by atoms with Crippen molar-refractivity contribution in [2.75, 3.05) is 33.7 Å². The molecule has 3 atom stereocenters. The molecule has 3 aromatic rings. The van der Waals surface area contributed by atoms with Gasteiger partial charge in [0.15, 0.2) is 0 Å². The molecular weight excluding hydrogens is 614 g/mol. The molecule has 4 heterocycles. The van der Waals surface area contributed by atoms with Gasteiger partial charge in [-0.2, -0.15) is 0 Å². The van der Waals surface area contributed by atoms with E-state index in [4.69, 9.17) is 0 Å². The molecule has 2 fully saturated rings. The van der Waals surface area contributed by atoms with E-state index >= 15 is 0 Å². The number of carbonyl (C=O) groups excluding carboxylic acids is 4. The first kappa shape index (κ1) is 34.7. The van der Waals surface area contributed by atoms with Gasteiger partial charge in [0, 0.05) is 74.6 Å². The van der Waals surface area contributed by atoms with E-state index in [0.717, 1.165) is 60.1 Å². The van der Waals surface area contributed by atoms with Crippen molar-refractivity contribution in [3.05, 3.63) is 70.9 Å². The second kappa shape index (κ2) is 14.0. The molecule has 0 saturated carbocycles. The summed E-state index contributed by atoms with van der Waals surface area (Å²) in [6, 6.07) is 16.7. The second-order valence-corrected chi connectivity index (χ2v) is 15.7. The molecular formula is C40H53N5O4. The van der Waals surface area contributed by atoms with E-state index in [9.17, 15) is 19.2 Å². The predicted molar refractivity (Wildman–Crippen MR) is 192 cm³/mol. The number of fused-ring (bicyclic) bond motifs is 5. The van der Waals surface area contributed by atoms with Crippen LogP contribution in [0.1, 0.15) is 88.1 Å². The number of aryl methyl sites for hydroxylation is 2. The lowest BCUT2D eigenvalue weighted by Gasteiger charge is -2.56. The van der Waals surface area contributed by atoms with Crippen LogP contribution in [-0.2, 0) is 44.0 Å². The minimum atomic E-state index is -0.883. The SMILES string of the molecule is CN(C)C(=O)CCc1ccc2c3c([nH]c2c1)[C@]1(CCc2ccccc2)[C@@H](C(=O)N2CCCCC2)C[C@H](CC(=O)NC(C)(C)C)C(=O)N1CC3. The molecule has 262 valence electrons. The van der Waals surface area contributed by atoms with Crippen LogP contribution in [-0.4, -0.2) is 82.6 Å². The second-order valence-electron chi connectivity index (χ2n) is 15.7. The maximum absolute atomic E-state index is 14.9. The summed E-state index contributed by atoms with van der Waals surface area (Å²) >= 11 is 0. The zero-order chi connectivity index (χ0) is 34.9. The number of hydrogen-bond donors (Lipinski definition) is 2. The van der Waals surface area contributed by atoms with Gasteiger partial charge < -0.3 is 25.0 Å². The summed E-state index contributed by atoms with van der Waals surface area (Å²) in [5, 5.41) is 4.16. The van der Waals surface area contributed by atoms with Gasteiger partial charge in [-0.1, -0.05) is 42.5 Å². The number of hydrogen-bond acceptors (Lipinski definition) is 4. The number of amides is 4. The van der Waals surface area contributed by atoms with Gasteiger partial charge in [-0.3, -0.25) is 19.2 Å². The summed E-state index contributed by atoms with van der Waals surface area (Å²) in [6.07, 6.45) is 6.50. The Balaban J connectivity index is 1.46. The Labute approximate surface area is 290 Å². The third-order valence-electron chi connectivity index (χ3n) is 10.9. The Morgan fingerprint density at radius 2 is 1.69 bits per heavy atom. The van der Waals surface area contributed by atoms with E-state index < -0.39 is 22.9 Å². The molecule has 3 aliphatic heterocycles. The number of H-pyrrole nitrogens is 1. The first-order valence-corrected chi connectivity index (χ1v) is 18.2. The highest BCUT2D eigenvalue weighted by molar-refractivity contribution is 5.93.